The molecule has 0 radical (unpaired) electrons. The van der Waals surface area contributed by atoms with E-state index < -0.39 is 23.5 Å². The van der Waals surface area contributed by atoms with Crippen LogP contribution in [0.25, 0.3) is 10.2 Å². The summed E-state index contributed by atoms with van der Waals surface area (Å²) in [6.07, 6.45) is 0. The molecule has 4 aromatic rings. The highest BCUT2D eigenvalue weighted by molar-refractivity contribution is 7.22. The van der Waals surface area contributed by atoms with Crippen LogP contribution in [0.5, 0.6) is 0 Å². The number of aromatic nitrogens is 1. The van der Waals surface area contributed by atoms with Crippen LogP contribution in [0, 0.1) is 20.8 Å². The molecular formula is C25H20N2O4S. The Morgan fingerprint density at radius 1 is 1.09 bits per heavy atom. The third kappa shape index (κ3) is 3.13. The highest BCUT2D eigenvalue weighted by atomic mass is 32.1. The molecule has 1 unspecified atom stereocenters. The van der Waals surface area contributed by atoms with Gasteiger partial charge in [-0.05, 0) is 55.7 Å². The molecule has 1 N–H and O–H groups in total. The summed E-state index contributed by atoms with van der Waals surface area (Å²) in [6.45, 7) is 5.72. The maximum absolute atomic E-state index is 13.3. The lowest BCUT2D eigenvalue weighted by atomic mass is 9.95. The highest BCUT2D eigenvalue weighted by Crippen LogP contribution is 2.44. The van der Waals surface area contributed by atoms with Gasteiger partial charge in [0.05, 0.1) is 21.8 Å². The standard InChI is InChI=1S/C25H20N2O4S/c1-13-11-14(2)20-18(12-13)32-25(26-20)27-21(16-7-5-4-6-8-16)19(23(29)24(27)30)22(28)17-10-9-15(3)31-17/h4-12,21,29H,1-3H3. The van der Waals surface area contributed by atoms with Crippen LogP contribution in [-0.4, -0.2) is 21.8 Å². The van der Waals surface area contributed by atoms with Crippen LogP contribution in [0.3, 0.4) is 0 Å². The number of aryl methyl sites for hydroxylation is 3. The first-order chi connectivity index (χ1) is 15.3. The van der Waals surface area contributed by atoms with E-state index in [1.165, 1.54) is 16.2 Å². The predicted molar refractivity (Wildman–Crippen MR) is 123 cm³/mol. The minimum Gasteiger partial charge on any atom is -0.503 e. The number of ketones is 1. The average Bonchev–Trinajstić information content (AvgIpc) is 3.45. The molecule has 0 saturated heterocycles. The lowest BCUT2D eigenvalue weighted by molar-refractivity contribution is -0.117. The first kappa shape index (κ1) is 20.2. The van der Waals surface area contributed by atoms with Crippen molar-refractivity contribution in [1.82, 2.24) is 4.98 Å². The number of aliphatic hydroxyl groups excluding tert-OH is 1. The maximum atomic E-state index is 13.3. The molecular weight excluding hydrogens is 424 g/mol. The summed E-state index contributed by atoms with van der Waals surface area (Å²) in [5.41, 5.74) is 3.59. The molecule has 160 valence electrons. The fraction of sp³-hybridized carbons (Fsp3) is 0.160. The normalized spacial score (nSPS) is 16.4. The molecule has 2 aromatic heterocycles. The molecule has 1 amide bonds. The molecule has 2 aromatic carbocycles. The summed E-state index contributed by atoms with van der Waals surface area (Å²) in [5, 5.41) is 11.3. The van der Waals surface area contributed by atoms with E-state index in [1.807, 2.05) is 56.3 Å². The monoisotopic (exact) mass is 444 g/mol. The van der Waals surface area contributed by atoms with E-state index in [0.717, 1.165) is 21.3 Å². The number of nitrogens with zero attached hydrogens (tertiary/aromatic N) is 2. The Labute approximate surface area is 188 Å². The van der Waals surface area contributed by atoms with E-state index in [1.54, 1.807) is 19.1 Å². The van der Waals surface area contributed by atoms with Gasteiger partial charge in [0.15, 0.2) is 16.7 Å². The Bertz CT molecular complexity index is 1410. The number of aliphatic hydroxyl groups is 1. The third-order valence-electron chi connectivity index (χ3n) is 5.56. The quantitative estimate of drug-likeness (QED) is 0.414. The van der Waals surface area contributed by atoms with Gasteiger partial charge in [0, 0.05) is 0 Å². The number of hydrogen-bond acceptors (Lipinski definition) is 6. The molecule has 6 nitrogen and oxygen atoms in total. The van der Waals surface area contributed by atoms with Crippen LogP contribution < -0.4 is 4.90 Å². The van der Waals surface area contributed by atoms with Gasteiger partial charge in [-0.3, -0.25) is 14.5 Å². The first-order valence-corrected chi connectivity index (χ1v) is 11.0. The zero-order valence-electron chi connectivity index (χ0n) is 17.7. The van der Waals surface area contributed by atoms with Gasteiger partial charge in [0.25, 0.3) is 5.91 Å². The number of benzene rings is 2. The Morgan fingerprint density at radius 2 is 1.84 bits per heavy atom. The van der Waals surface area contributed by atoms with Gasteiger partial charge in [0.1, 0.15) is 5.76 Å². The number of Topliss-reactive ketones (excluding diaryl/α,β-unsaturated/α-hetero) is 1. The van der Waals surface area contributed by atoms with Gasteiger partial charge in [0.2, 0.25) is 5.78 Å². The van der Waals surface area contributed by atoms with Crippen molar-refractivity contribution in [2.45, 2.75) is 26.8 Å². The lowest BCUT2D eigenvalue weighted by Gasteiger charge is -2.24. The number of rotatable bonds is 4. The number of fused-ring (bicyclic) bond motifs is 1. The second-order valence-corrected chi connectivity index (χ2v) is 8.92. The van der Waals surface area contributed by atoms with Crippen molar-refractivity contribution in [3.63, 3.8) is 0 Å². The fourth-order valence-corrected chi connectivity index (χ4v) is 5.30. The summed E-state index contributed by atoms with van der Waals surface area (Å²) in [7, 11) is 0. The Kier molecular flexibility index (Phi) is 4.71. The molecule has 0 fully saturated rings. The summed E-state index contributed by atoms with van der Waals surface area (Å²) in [6, 6.07) is 15.6. The SMILES string of the molecule is Cc1cc(C)c2nc(N3C(=O)C(O)=C(C(=O)c4ccc(C)o4)C3c3ccccc3)sc2c1. The molecule has 5 rings (SSSR count). The zero-order chi connectivity index (χ0) is 22.6. The maximum Gasteiger partial charge on any atom is 0.296 e. The molecule has 7 heteroatoms. The van der Waals surface area contributed by atoms with E-state index in [2.05, 4.69) is 0 Å². The second kappa shape index (κ2) is 7.46. The Hall–Kier alpha value is -3.71. The van der Waals surface area contributed by atoms with Crippen LogP contribution in [0.2, 0.25) is 0 Å². The van der Waals surface area contributed by atoms with Gasteiger partial charge in [-0.25, -0.2) is 4.98 Å². The van der Waals surface area contributed by atoms with Gasteiger partial charge in [-0.15, -0.1) is 0 Å². The fourth-order valence-electron chi connectivity index (χ4n) is 4.14. The van der Waals surface area contributed by atoms with E-state index in [4.69, 9.17) is 9.40 Å². The molecule has 32 heavy (non-hydrogen) atoms. The van der Waals surface area contributed by atoms with Gasteiger partial charge in [-0.1, -0.05) is 47.7 Å². The van der Waals surface area contributed by atoms with Crippen LogP contribution in [0.15, 0.2) is 70.3 Å². The minimum atomic E-state index is -0.816. The molecule has 1 aliphatic rings. The molecule has 1 aliphatic heterocycles. The van der Waals surface area contributed by atoms with Gasteiger partial charge < -0.3 is 9.52 Å². The van der Waals surface area contributed by atoms with Crippen molar-refractivity contribution >= 4 is 38.4 Å². The van der Waals surface area contributed by atoms with E-state index in [-0.39, 0.29) is 11.3 Å². The lowest BCUT2D eigenvalue weighted by Crippen LogP contribution is -2.30. The largest absolute Gasteiger partial charge is 0.503 e. The third-order valence-corrected chi connectivity index (χ3v) is 6.56. The van der Waals surface area contributed by atoms with Crippen LogP contribution in [-0.2, 0) is 4.79 Å². The molecule has 1 atom stereocenters. The molecule has 0 aliphatic carbocycles. The first-order valence-electron chi connectivity index (χ1n) is 10.2. The Morgan fingerprint density at radius 3 is 2.53 bits per heavy atom. The predicted octanol–water partition coefficient (Wildman–Crippen LogP) is 5.60. The van der Waals surface area contributed by atoms with E-state index in [0.29, 0.717) is 16.5 Å². The van der Waals surface area contributed by atoms with Crippen molar-refractivity contribution in [1.29, 1.82) is 0 Å². The van der Waals surface area contributed by atoms with Crippen LogP contribution >= 0.6 is 11.3 Å². The topological polar surface area (TPSA) is 83.6 Å². The molecule has 0 spiro atoms. The van der Waals surface area contributed by atoms with Crippen molar-refractivity contribution in [2.75, 3.05) is 4.90 Å². The number of hydrogen-bond donors (Lipinski definition) is 1. The number of carbonyl (C=O) groups is 2. The summed E-state index contributed by atoms with van der Waals surface area (Å²) in [4.78, 5) is 32.7. The number of furan rings is 1. The minimum absolute atomic E-state index is 0.0114. The number of thiazole rings is 1. The smallest absolute Gasteiger partial charge is 0.296 e. The number of anilines is 1. The molecule has 0 saturated carbocycles. The average molecular weight is 445 g/mol. The summed E-state index contributed by atoms with van der Waals surface area (Å²) in [5.74, 6) is -1.10. The summed E-state index contributed by atoms with van der Waals surface area (Å²) >= 11 is 1.36. The van der Waals surface area contributed by atoms with Crippen molar-refractivity contribution in [3.05, 3.63) is 94.1 Å². The Balaban J connectivity index is 1.69. The number of amides is 1. The van der Waals surface area contributed by atoms with Crippen molar-refractivity contribution < 1.29 is 19.1 Å². The second-order valence-electron chi connectivity index (χ2n) is 7.92. The zero-order valence-corrected chi connectivity index (χ0v) is 18.6. The van der Waals surface area contributed by atoms with E-state index in [9.17, 15) is 14.7 Å². The molecule has 0 bridgehead atoms. The summed E-state index contributed by atoms with van der Waals surface area (Å²) < 4.78 is 6.45. The molecule has 3 heterocycles. The highest BCUT2D eigenvalue weighted by Gasteiger charge is 2.46. The van der Waals surface area contributed by atoms with Crippen molar-refractivity contribution in [3.8, 4) is 0 Å². The van der Waals surface area contributed by atoms with E-state index >= 15 is 0 Å². The van der Waals surface area contributed by atoms with Crippen LogP contribution in [0.1, 0.15) is 39.0 Å². The number of carbonyl (C=O) groups excluding carboxylic acids is 2. The van der Waals surface area contributed by atoms with Gasteiger partial charge >= 0.3 is 0 Å². The van der Waals surface area contributed by atoms with Crippen molar-refractivity contribution in [2.24, 2.45) is 0 Å². The van der Waals surface area contributed by atoms with Crippen LogP contribution in [0.4, 0.5) is 5.13 Å². The van der Waals surface area contributed by atoms with Gasteiger partial charge in [-0.2, -0.15) is 0 Å².